The highest BCUT2D eigenvalue weighted by molar-refractivity contribution is 7.94. The summed E-state index contributed by atoms with van der Waals surface area (Å²) >= 11 is 6.77. The Morgan fingerprint density at radius 3 is 2.65 bits per heavy atom. The van der Waals surface area contributed by atoms with E-state index in [-0.39, 0.29) is 6.54 Å². The molecule has 0 aliphatic carbocycles. The zero-order chi connectivity index (χ0) is 14.6. The molecule has 1 aromatic heterocycles. The second kappa shape index (κ2) is 6.39. The molecule has 2 aromatic rings. The first-order chi connectivity index (χ1) is 9.58. The molecular formula is C13H13ClN2O2S2. The van der Waals surface area contributed by atoms with Crippen molar-refractivity contribution in [1.29, 1.82) is 0 Å². The predicted octanol–water partition coefficient (Wildman–Crippen LogP) is 3.33. The third-order valence-corrected chi connectivity index (χ3v) is 5.62. The quantitative estimate of drug-likeness (QED) is 0.603. The molecule has 0 unspecified atom stereocenters. The number of nitrogens with zero attached hydrogens (tertiary/aromatic N) is 2. The van der Waals surface area contributed by atoms with Crippen molar-refractivity contribution < 1.29 is 8.42 Å². The normalized spacial score (nSPS) is 11.2. The van der Waals surface area contributed by atoms with Gasteiger partial charge in [0.05, 0.1) is 12.2 Å². The summed E-state index contributed by atoms with van der Waals surface area (Å²) in [5, 5.41) is 1.73. The predicted molar refractivity (Wildman–Crippen MR) is 84.7 cm³/mol. The summed E-state index contributed by atoms with van der Waals surface area (Å²) < 4.78 is 25.1. The SMILES string of the molecule is C=CCN(c1nc(-c2ccccc2)cs1)S(=O)(=O)CCl. The van der Waals surface area contributed by atoms with Crippen molar-refractivity contribution in [3.63, 3.8) is 0 Å². The third kappa shape index (κ3) is 3.20. The van der Waals surface area contributed by atoms with E-state index in [9.17, 15) is 8.42 Å². The van der Waals surface area contributed by atoms with Gasteiger partial charge in [-0.25, -0.2) is 17.7 Å². The first-order valence-electron chi connectivity index (χ1n) is 5.76. The van der Waals surface area contributed by atoms with Crippen molar-refractivity contribution in [3.05, 3.63) is 48.4 Å². The molecule has 0 fully saturated rings. The number of aromatic nitrogens is 1. The summed E-state index contributed by atoms with van der Waals surface area (Å²) in [5.41, 5.74) is 1.68. The molecule has 0 radical (unpaired) electrons. The fourth-order valence-electron chi connectivity index (χ4n) is 1.61. The Kier molecular flexibility index (Phi) is 4.80. The van der Waals surface area contributed by atoms with Gasteiger partial charge in [-0.1, -0.05) is 36.4 Å². The number of benzene rings is 1. The monoisotopic (exact) mass is 328 g/mol. The van der Waals surface area contributed by atoms with Crippen molar-refractivity contribution in [3.8, 4) is 11.3 Å². The molecule has 0 saturated carbocycles. The minimum Gasteiger partial charge on any atom is -0.240 e. The first-order valence-corrected chi connectivity index (χ1v) is 8.79. The number of hydrogen-bond donors (Lipinski definition) is 0. The summed E-state index contributed by atoms with van der Waals surface area (Å²) in [6.45, 7) is 3.72. The van der Waals surface area contributed by atoms with Gasteiger partial charge in [0.1, 0.15) is 5.21 Å². The zero-order valence-electron chi connectivity index (χ0n) is 10.6. The molecular weight excluding hydrogens is 316 g/mol. The topological polar surface area (TPSA) is 50.3 Å². The second-order valence-corrected chi connectivity index (χ2v) is 7.24. The maximum Gasteiger partial charge on any atom is 0.251 e. The highest BCUT2D eigenvalue weighted by Crippen LogP contribution is 2.29. The lowest BCUT2D eigenvalue weighted by atomic mass is 10.2. The molecule has 0 N–H and O–H groups in total. The number of alkyl halides is 1. The average molecular weight is 329 g/mol. The van der Waals surface area contributed by atoms with Gasteiger partial charge in [0, 0.05) is 10.9 Å². The average Bonchev–Trinajstić information content (AvgIpc) is 2.95. The van der Waals surface area contributed by atoms with Crippen molar-refractivity contribution in [2.45, 2.75) is 0 Å². The molecule has 1 heterocycles. The molecule has 20 heavy (non-hydrogen) atoms. The van der Waals surface area contributed by atoms with Gasteiger partial charge in [-0.15, -0.1) is 29.5 Å². The van der Waals surface area contributed by atoms with E-state index in [0.29, 0.717) is 5.13 Å². The molecule has 1 aromatic carbocycles. The number of halogens is 1. The number of anilines is 1. The van der Waals surface area contributed by atoms with E-state index in [0.717, 1.165) is 11.3 Å². The first kappa shape index (κ1) is 15.0. The standard InChI is InChI=1S/C13H13ClN2O2S2/c1-2-8-16(20(17,18)10-14)13-15-12(9-19-13)11-6-4-3-5-7-11/h2-7,9H,1,8,10H2. The van der Waals surface area contributed by atoms with E-state index in [4.69, 9.17) is 11.6 Å². The van der Waals surface area contributed by atoms with Crippen LogP contribution in [0.1, 0.15) is 0 Å². The maximum absolute atomic E-state index is 11.9. The Balaban J connectivity index is 2.37. The Bertz CT molecular complexity index is 683. The largest absolute Gasteiger partial charge is 0.251 e. The maximum atomic E-state index is 11.9. The molecule has 4 nitrogen and oxygen atoms in total. The molecule has 106 valence electrons. The van der Waals surface area contributed by atoms with Gasteiger partial charge < -0.3 is 0 Å². The summed E-state index contributed by atoms with van der Waals surface area (Å²) in [6, 6.07) is 9.58. The lowest BCUT2D eigenvalue weighted by molar-refractivity contribution is 0.597. The smallest absolute Gasteiger partial charge is 0.240 e. The van der Waals surface area contributed by atoms with Crippen LogP contribution >= 0.6 is 22.9 Å². The summed E-state index contributed by atoms with van der Waals surface area (Å²) in [5.74, 6) is 0. The van der Waals surface area contributed by atoms with E-state index in [1.165, 1.54) is 21.7 Å². The molecule has 0 aliphatic heterocycles. The molecule has 7 heteroatoms. The van der Waals surface area contributed by atoms with Gasteiger partial charge in [-0.05, 0) is 0 Å². The van der Waals surface area contributed by atoms with Crippen LogP contribution in [0.2, 0.25) is 0 Å². The van der Waals surface area contributed by atoms with Crippen LogP contribution in [-0.4, -0.2) is 25.2 Å². The third-order valence-electron chi connectivity index (χ3n) is 2.54. The van der Waals surface area contributed by atoms with Crippen molar-refractivity contribution in [1.82, 2.24) is 4.98 Å². The van der Waals surface area contributed by atoms with E-state index in [1.54, 1.807) is 0 Å². The number of hydrogen-bond acceptors (Lipinski definition) is 4. The molecule has 0 amide bonds. The zero-order valence-corrected chi connectivity index (χ0v) is 13.0. The molecule has 0 atom stereocenters. The fourth-order valence-corrected chi connectivity index (χ4v) is 3.91. The molecule has 2 rings (SSSR count). The molecule has 0 spiro atoms. The van der Waals surface area contributed by atoms with Crippen LogP contribution < -0.4 is 4.31 Å². The Morgan fingerprint density at radius 1 is 1.35 bits per heavy atom. The second-order valence-electron chi connectivity index (χ2n) is 3.92. The van der Waals surface area contributed by atoms with Gasteiger partial charge in [0.25, 0.3) is 10.0 Å². The van der Waals surface area contributed by atoms with Gasteiger partial charge in [-0.3, -0.25) is 0 Å². The van der Waals surface area contributed by atoms with E-state index >= 15 is 0 Å². The van der Waals surface area contributed by atoms with E-state index < -0.39 is 15.2 Å². The molecule has 0 bridgehead atoms. The minimum atomic E-state index is -3.57. The Morgan fingerprint density at radius 2 is 2.05 bits per heavy atom. The number of sulfonamides is 1. The highest BCUT2D eigenvalue weighted by atomic mass is 35.5. The van der Waals surface area contributed by atoms with Gasteiger partial charge >= 0.3 is 0 Å². The van der Waals surface area contributed by atoms with Crippen LogP contribution in [0.3, 0.4) is 0 Å². The lowest BCUT2D eigenvalue weighted by Gasteiger charge is -2.18. The molecule has 0 aliphatic rings. The minimum absolute atomic E-state index is 0.150. The fraction of sp³-hybridized carbons (Fsp3) is 0.154. The van der Waals surface area contributed by atoms with Crippen molar-refractivity contribution >= 4 is 38.1 Å². The molecule has 0 saturated heterocycles. The number of rotatable bonds is 6. The van der Waals surface area contributed by atoms with Crippen molar-refractivity contribution in [2.75, 3.05) is 16.1 Å². The van der Waals surface area contributed by atoms with E-state index in [1.807, 2.05) is 35.7 Å². The Hall–Kier alpha value is -1.37. The van der Waals surface area contributed by atoms with Gasteiger partial charge in [-0.2, -0.15) is 0 Å². The summed E-state index contributed by atoms with van der Waals surface area (Å²) in [4.78, 5) is 4.37. The van der Waals surface area contributed by atoms with Gasteiger partial charge in [0.2, 0.25) is 0 Å². The van der Waals surface area contributed by atoms with Crippen LogP contribution in [0.5, 0.6) is 0 Å². The Labute approximate surface area is 127 Å². The van der Waals surface area contributed by atoms with Crippen LogP contribution in [0.15, 0.2) is 48.4 Å². The van der Waals surface area contributed by atoms with E-state index in [2.05, 4.69) is 11.6 Å². The van der Waals surface area contributed by atoms with Crippen LogP contribution in [0.4, 0.5) is 5.13 Å². The highest BCUT2D eigenvalue weighted by Gasteiger charge is 2.23. The summed E-state index contributed by atoms with van der Waals surface area (Å²) in [6.07, 6.45) is 1.51. The van der Waals surface area contributed by atoms with Crippen LogP contribution in [-0.2, 0) is 10.0 Å². The summed E-state index contributed by atoms with van der Waals surface area (Å²) in [7, 11) is -3.57. The van der Waals surface area contributed by atoms with Crippen LogP contribution in [0, 0.1) is 0 Å². The van der Waals surface area contributed by atoms with Crippen molar-refractivity contribution in [2.24, 2.45) is 0 Å². The number of thiazole rings is 1. The van der Waals surface area contributed by atoms with Crippen LogP contribution in [0.25, 0.3) is 11.3 Å². The van der Waals surface area contributed by atoms with Gasteiger partial charge in [0.15, 0.2) is 5.13 Å². The lowest BCUT2D eigenvalue weighted by Crippen LogP contribution is -2.31.